The molecule has 0 aliphatic heterocycles. The number of Topliss-reactive ketones (excluding diaryl/α,β-unsaturated/α-hetero) is 2. The fourth-order valence-electron chi connectivity index (χ4n) is 5.67. The number of amides is 3. The van der Waals surface area contributed by atoms with E-state index in [1.165, 1.54) is 0 Å². The van der Waals surface area contributed by atoms with Crippen LogP contribution in [0.3, 0.4) is 0 Å². The van der Waals surface area contributed by atoms with Crippen LogP contribution in [0.25, 0.3) is 10.9 Å². The van der Waals surface area contributed by atoms with Gasteiger partial charge in [-0.15, -0.1) is 0 Å². The van der Waals surface area contributed by atoms with Gasteiger partial charge in [0.25, 0.3) is 11.8 Å². The van der Waals surface area contributed by atoms with E-state index < -0.39 is 46.9 Å². The highest BCUT2D eigenvalue weighted by atomic mass is 16.2. The van der Waals surface area contributed by atoms with E-state index in [-0.39, 0.29) is 43.3 Å². The maximum absolute atomic E-state index is 14.4. The Labute approximate surface area is 287 Å². The Morgan fingerprint density at radius 3 is 1.90 bits per heavy atom. The van der Waals surface area contributed by atoms with Crippen molar-refractivity contribution in [3.63, 3.8) is 0 Å². The van der Waals surface area contributed by atoms with Crippen LogP contribution in [0.2, 0.25) is 0 Å². The zero-order valence-electron chi connectivity index (χ0n) is 28.4. The molecule has 0 aliphatic rings. The number of nitrogens with zero attached hydrogens (tertiary/aromatic N) is 1. The minimum absolute atomic E-state index is 0.00132. The maximum atomic E-state index is 14.4. The average Bonchev–Trinajstić information content (AvgIpc) is 3.09. The lowest BCUT2D eigenvalue weighted by Crippen LogP contribution is -2.66. The summed E-state index contributed by atoms with van der Waals surface area (Å²) in [6, 6.07) is 26.3. The number of aromatic nitrogens is 1. The number of nitrogens with two attached hydrogens (primary N) is 1. The number of carbonyl (C=O) groups is 5. The summed E-state index contributed by atoms with van der Waals surface area (Å²) >= 11 is 0. The fraction of sp³-hybridized carbons (Fsp3) is 0.333. The van der Waals surface area contributed by atoms with Crippen molar-refractivity contribution in [2.24, 2.45) is 17.6 Å². The molecule has 0 fully saturated rings. The molecule has 49 heavy (non-hydrogen) atoms. The second-order valence-corrected chi connectivity index (χ2v) is 13.2. The molecule has 5 N–H and O–H groups in total. The molecule has 0 unspecified atom stereocenters. The summed E-state index contributed by atoms with van der Waals surface area (Å²) in [5.41, 5.74) is 6.54. The van der Waals surface area contributed by atoms with Gasteiger partial charge in [0.1, 0.15) is 11.7 Å². The van der Waals surface area contributed by atoms with Crippen molar-refractivity contribution in [1.29, 1.82) is 0 Å². The SMILES string of the molecule is CC(C)C[C@H](NC(=O)c1ccc2ccccc2n1)C(=O)N[C@@H](CC(C)C)C(=O)[C@@](N)(Cc1ccccc1)C(=O)C(=O)NCc1ccccc1. The number of para-hydroxylation sites is 1. The third-order valence-electron chi connectivity index (χ3n) is 8.17. The number of hydrogen-bond donors (Lipinski definition) is 4. The molecule has 0 saturated heterocycles. The van der Waals surface area contributed by atoms with Gasteiger partial charge in [0.05, 0.1) is 11.6 Å². The minimum Gasteiger partial charge on any atom is -0.345 e. The third kappa shape index (κ3) is 9.90. The molecule has 0 spiro atoms. The van der Waals surface area contributed by atoms with Gasteiger partial charge in [0, 0.05) is 18.4 Å². The molecule has 10 nitrogen and oxygen atoms in total. The number of ketones is 2. The first-order valence-electron chi connectivity index (χ1n) is 16.6. The molecule has 256 valence electrons. The molecule has 0 radical (unpaired) electrons. The third-order valence-corrected chi connectivity index (χ3v) is 8.17. The standard InChI is InChI=1S/C39H45N5O5/c1-25(2)21-32(43-37(48)33(22-26(3)4)44-36(47)31-20-19-29-17-11-12-18-30(29)42-31)34(45)39(40,23-27-13-7-5-8-14-27)35(46)38(49)41-24-28-15-9-6-10-16-28/h5-20,25-26,32-33H,21-24,40H2,1-4H3,(H,41,49)(H,43,48)(H,44,47)/t32-,33-,39-/m0/s1. The Morgan fingerprint density at radius 2 is 1.27 bits per heavy atom. The molecule has 3 atom stereocenters. The average molecular weight is 664 g/mol. The number of rotatable bonds is 16. The summed E-state index contributed by atoms with van der Waals surface area (Å²) in [6.07, 6.45) is 0.159. The molecule has 1 aromatic heterocycles. The van der Waals surface area contributed by atoms with Crippen LogP contribution in [-0.2, 0) is 32.1 Å². The molecule has 1 heterocycles. The van der Waals surface area contributed by atoms with Crippen LogP contribution in [0.15, 0.2) is 97.1 Å². The quantitative estimate of drug-likeness (QED) is 0.103. The number of hydrogen-bond acceptors (Lipinski definition) is 7. The lowest BCUT2D eigenvalue weighted by atomic mass is 9.78. The molecule has 0 saturated carbocycles. The zero-order chi connectivity index (χ0) is 35.6. The first-order valence-corrected chi connectivity index (χ1v) is 16.6. The van der Waals surface area contributed by atoms with Crippen molar-refractivity contribution in [2.45, 2.75) is 71.1 Å². The van der Waals surface area contributed by atoms with E-state index in [4.69, 9.17) is 5.73 Å². The Balaban J connectivity index is 1.60. The van der Waals surface area contributed by atoms with Crippen molar-refractivity contribution in [3.8, 4) is 0 Å². The Kier molecular flexibility index (Phi) is 12.5. The van der Waals surface area contributed by atoms with Gasteiger partial charge >= 0.3 is 0 Å². The lowest BCUT2D eigenvalue weighted by Gasteiger charge is -2.32. The Morgan fingerprint density at radius 1 is 0.694 bits per heavy atom. The Bertz CT molecular complexity index is 1780. The molecule has 4 rings (SSSR count). The van der Waals surface area contributed by atoms with Crippen LogP contribution in [0.4, 0.5) is 0 Å². The van der Waals surface area contributed by atoms with E-state index in [0.717, 1.165) is 10.9 Å². The summed E-state index contributed by atoms with van der Waals surface area (Å²) in [5, 5.41) is 9.05. The van der Waals surface area contributed by atoms with Crippen LogP contribution in [-0.4, -0.2) is 51.9 Å². The Hall–Kier alpha value is -5.22. The smallest absolute Gasteiger partial charge is 0.290 e. The number of benzene rings is 3. The number of carbonyl (C=O) groups excluding carboxylic acids is 5. The molecular formula is C39H45N5O5. The molecular weight excluding hydrogens is 618 g/mol. The van der Waals surface area contributed by atoms with Crippen molar-refractivity contribution < 1.29 is 24.0 Å². The van der Waals surface area contributed by atoms with E-state index in [2.05, 4.69) is 20.9 Å². The first kappa shape index (κ1) is 36.6. The number of pyridine rings is 1. The van der Waals surface area contributed by atoms with Gasteiger partial charge in [-0.1, -0.05) is 113 Å². The maximum Gasteiger partial charge on any atom is 0.290 e. The first-order chi connectivity index (χ1) is 23.4. The molecule has 3 aromatic carbocycles. The second kappa shape index (κ2) is 16.7. The highest BCUT2D eigenvalue weighted by Gasteiger charge is 2.48. The summed E-state index contributed by atoms with van der Waals surface area (Å²) in [4.78, 5) is 73.2. The van der Waals surface area contributed by atoms with E-state index in [0.29, 0.717) is 11.1 Å². The fourth-order valence-corrected chi connectivity index (χ4v) is 5.67. The monoisotopic (exact) mass is 663 g/mol. The van der Waals surface area contributed by atoms with Gasteiger partial charge in [0.2, 0.25) is 11.7 Å². The van der Waals surface area contributed by atoms with Gasteiger partial charge in [-0.25, -0.2) is 4.98 Å². The van der Waals surface area contributed by atoms with Crippen LogP contribution >= 0.6 is 0 Å². The summed E-state index contributed by atoms with van der Waals surface area (Å²) in [6.45, 7) is 7.63. The summed E-state index contributed by atoms with van der Waals surface area (Å²) < 4.78 is 0. The van der Waals surface area contributed by atoms with Gasteiger partial charge in [-0.05, 0) is 47.9 Å². The van der Waals surface area contributed by atoms with Crippen LogP contribution < -0.4 is 21.7 Å². The van der Waals surface area contributed by atoms with Crippen molar-refractivity contribution in [3.05, 3.63) is 114 Å². The van der Waals surface area contributed by atoms with Crippen LogP contribution in [0, 0.1) is 11.8 Å². The lowest BCUT2D eigenvalue weighted by molar-refractivity contribution is -0.146. The van der Waals surface area contributed by atoms with Gasteiger partial charge < -0.3 is 21.7 Å². The molecule has 0 aliphatic carbocycles. The second-order valence-electron chi connectivity index (χ2n) is 13.2. The van der Waals surface area contributed by atoms with Crippen LogP contribution in [0.1, 0.15) is 62.2 Å². The normalized spacial score (nSPS) is 13.7. The summed E-state index contributed by atoms with van der Waals surface area (Å²) in [7, 11) is 0. The van der Waals surface area contributed by atoms with E-state index in [9.17, 15) is 24.0 Å². The van der Waals surface area contributed by atoms with Gasteiger partial charge in [-0.2, -0.15) is 0 Å². The molecule has 10 heteroatoms. The summed E-state index contributed by atoms with van der Waals surface area (Å²) in [5.74, 6) is -4.14. The number of nitrogens with one attached hydrogen (secondary N) is 3. The minimum atomic E-state index is -2.29. The molecule has 3 amide bonds. The van der Waals surface area contributed by atoms with E-state index in [1.54, 1.807) is 60.7 Å². The van der Waals surface area contributed by atoms with Gasteiger partial charge in [-0.3, -0.25) is 24.0 Å². The van der Waals surface area contributed by atoms with E-state index >= 15 is 0 Å². The number of fused-ring (bicyclic) bond motifs is 1. The molecule has 4 aromatic rings. The predicted octanol–water partition coefficient (Wildman–Crippen LogP) is 4.31. The highest BCUT2D eigenvalue weighted by molar-refractivity contribution is 6.44. The molecule has 0 bridgehead atoms. The van der Waals surface area contributed by atoms with Crippen molar-refractivity contribution in [1.82, 2.24) is 20.9 Å². The van der Waals surface area contributed by atoms with E-state index in [1.807, 2.05) is 64.1 Å². The largest absolute Gasteiger partial charge is 0.345 e. The highest BCUT2D eigenvalue weighted by Crippen LogP contribution is 2.20. The van der Waals surface area contributed by atoms with Crippen molar-refractivity contribution >= 4 is 40.2 Å². The topological polar surface area (TPSA) is 160 Å². The predicted molar refractivity (Wildman–Crippen MR) is 189 cm³/mol. The van der Waals surface area contributed by atoms with Crippen LogP contribution in [0.5, 0.6) is 0 Å². The van der Waals surface area contributed by atoms with Gasteiger partial charge in [0.15, 0.2) is 11.3 Å². The van der Waals surface area contributed by atoms with Crippen molar-refractivity contribution in [2.75, 3.05) is 0 Å². The zero-order valence-corrected chi connectivity index (χ0v) is 28.4.